The van der Waals surface area contributed by atoms with Gasteiger partial charge in [0.1, 0.15) is 0 Å². The quantitative estimate of drug-likeness (QED) is 0.231. The number of hydrogen-bond donors (Lipinski definition) is 3. The van der Waals surface area contributed by atoms with Crippen LogP contribution in [-0.2, 0) is 4.74 Å². The van der Waals surface area contributed by atoms with E-state index in [1.54, 1.807) is 6.26 Å². The molecule has 0 spiro atoms. The van der Waals surface area contributed by atoms with Crippen LogP contribution in [0.2, 0.25) is 0 Å². The van der Waals surface area contributed by atoms with Crippen LogP contribution in [0.25, 0.3) is 0 Å². The standard InChI is InChI=1S/C14H24N2O3/c1-3-5-9-19-10-7-6-8-16-13(11-14(17)18)12-15-4-2/h4-5,9,11-12,14,16-18H,2-3,6-8,10H2,1H3/b9-5+,13-11-,15-12-. The number of nitrogens with zero attached hydrogens (tertiary/aromatic N) is 1. The zero-order chi connectivity index (χ0) is 14.3. The summed E-state index contributed by atoms with van der Waals surface area (Å²) in [6, 6.07) is 0. The van der Waals surface area contributed by atoms with E-state index in [1.807, 2.05) is 6.08 Å². The zero-order valence-electron chi connectivity index (χ0n) is 11.5. The second-order valence-corrected chi connectivity index (χ2v) is 3.78. The molecule has 0 bridgehead atoms. The number of allylic oxidation sites excluding steroid dienone is 2. The second-order valence-electron chi connectivity index (χ2n) is 3.78. The van der Waals surface area contributed by atoms with Gasteiger partial charge in [-0.05, 0) is 25.3 Å². The van der Waals surface area contributed by atoms with Crippen LogP contribution in [-0.4, -0.2) is 35.9 Å². The van der Waals surface area contributed by atoms with Crippen LogP contribution in [0.4, 0.5) is 0 Å². The van der Waals surface area contributed by atoms with E-state index in [4.69, 9.17) is 14.9 Å². The Balaban J connectivity index is 3.78. The minimum Gasteiger partial charge on any atom is -0.502 e. The molecule has 5 heteroatoms. The van der Waals surface area contributed by atoms with E-state index in [1.165, 1.54) is 18.5 Å². The van der Waals surface area contributed by atoms with Crippen LogP contribution >= 0.6 is 0 Å². The van der Waals surface area contributed by atoms with Gasteiger partial charge >= 0.3 is 0 Å². The monoisotopic (exact) mass is 268 g/mol. The molecule has 0 unspecified atom stereocenters. The average molecular weight is 268 g/mol. The summed E-state index contributed by atoms with van der Waals surface area (Å²) >= 11 is 0. The van der Waals surface area contributed by atoms with Crippen molar-refractivity contribution in [1.29, 1.82) is 0 Å². The third kappa shape index (κ3) is 12.7. The Morgan fingerprint density at radius 2 is 2.21 bits per heavy atom. The van der Waals surface area contributed by atoms with Gasteiger partial charge in [-0.1, -0.05) is 19.6 Å². The first-order valence-corrected chi connectivity index (χ1v) is 6.43. The van der Waals surface area contributed by atoms with Gasteiger partial charge in [-0.2, -0.15) is 0 Å². The molecule has 0 atom stereocenters. The Kier molecular flexibility index (Phi) is 11.8. The Morgan fingerprint density at radius 3 is 2.84 bits per heavy atom. The number of aliphatic imine (C=N–C) groups is 1. The van der Waals surface area contributed by atoms with Crippen LogP contribution in [0.3, 0.4) is 0 Å². The number of aliphatic hydroxyl groups is 2. The predicted molar refractivity (Wildman–Crippen MR) is 77.6 cm³/mol. The highest BCUT2D eigenvalue weighted by Crippen LogP contribution is 1.94. The summed E-state index contributed by atoms with van der Waals surface area (Å²) in [6.07, 6.45) is 9.15. The molecule has 0 heterocycles. The minimum absolute atomic E-state index is 0.557. The Morgan fingerprint density at radius 1 is 1.42 bits per heavy atom. The lowest BCUT2D eigenvalue weighted by atomic mass is 10.3. The number of unbranched alkanes of at least 4 members (excludes halogenated alkanes) is 1. The molecule has 0 aromatic heterocycles. The lowest BCUT2D eigenvalue weighted by Crippen LogP contribution is -2.18. The summed E-state index contributed by atoms with van der Waals surface area (Å²) < 4.78 is 5.27. The van der Waals surface area contributed by atoms with Gasteiger partial charge in [0.15, 0.2) is 6.29 Å². The molecule has 0 amide bonds. The molecule has 0 aliphatic carbocycles. The highest BCUT2D eigenvalue weighted by atomic mass is 16.5. The van der Waals surface area contributed by atoms with Gasteiger partial charge in [0.25, 0.3) is 0 Å². The maximum absolute atomic E-state index is 8.87. The fourth-order valence-corrected chi connectivity index (χ4v) is 1.22. The van der Waals surface area contributed by atoms with Crippen molar-refractivity contribution < 1.29 is 14.9 Å². The molecule has 0 aliphatic heterocycles. The molecule has 0 rings (SSSR count). The Hall–Kier alpha value is -1.59. The van der Waals surface area contributed by atoms with E-state index in [2.05, 4.69) is 23.8 Å². The molecular weight excluding hydrogens is 244 g/mol. The van der Waals surface area contributed by atoms with Crippen molar-refractivity contribution in [3.8, 4) is 0 Å². The predicted octanol–water partition coefficient (Wildman–Crippen LogP) is 1.71. The first-order valence-electron chi connectivity index (χ1n) is 6.43. The molecule has 0 radical (unpaired) electrons. The van der Waals surface area contributed by atoms with Gasteiger partial charge in [-0.3, -0.25) is 4.99 Å². The second kappa shape index (κ2) is 12.9. The molecule has 108 valence electrons. The SMILES string of the molecule is C=C/N=C\C(=C\C(O)O)NCCCCO/C=C/CC. The number of ether oxygens (including phenoxy) is 1. The summed E-state index contributed by atoms with van der Waals surface area (Å²) in [4.78, 5) is 3.83. The molecule has 5 nitrogen and oxygen atoms in total. The fraction of sp³-hybridized carbons (Fsp3) is 0.500. The van der Waals surface area contributed by atoms with Crippen molar-refractivity contribution in [2.24, 2.45) is 4.99 Å². The van der Waals surface area contributed by atoms with E-state index in [-0.39, 0.29) is 0 Å². The van der Waals surface area contributed by atoms with Crippen molar-refractivity contribution in [2.45, 2.75) is 32.5 Å². The highest BCUT2D eigenvalue weighted by molar-refractivity contribution is 5.78. The maximum Gasteiger partial charge on any atom is 0.173 e. The summed E-state index contributed by atoms with van der Waals surface area (Å²) in [5, 5.41) is 20.8. The van der Waals surface area contributed by atoms with Crippen LogP contribution in [0.15, 0.2) is 41.9 Å². The Labute approximate surface area is 115 Å². The third-order valence-corrected chi connectivity index (χ3v) is 2.09. The van der Waals surface area contributed by atoms with Gasteiger partial charge in [-0.25, -0.2) is 0 Å². The summed E-state index contributed by atoms with van der Waals surface area (Å²) in [5.41, 5.74) is 0.557. The van der Waals surface area contributed by atoms with E-state index in [9.17, 15) is 0 Å². The first-order chi connectivity index (χ1) is 9.20. The molecule has 19 heavy (non-hydrogen) atoms. The van der Waals surface area contributed by atoms with Crippen LogP contribution in [0, 0.1) is 0 Å². The number of aliphatic hydroxyl groups excluding tert-OH is 1. The fourth-order valence-electron chi connectivity index (χ4n) is 1.22. The lowest BCUT2D eigenvalue weighted by molar-refractivity contribution is 0.00178. The van der Waals surface area contributed by atoms with E-state index in [0.29, 0.717) is 18.8 Å². The average Bonchev–Trinajstić information content (AvgIpc) is 2.38. The van der Waals surface area contributed by atoms with E-state index >= 15 is 0 Å². The number of nitrogens with one attached hydrogen (secondary N) is 1. The summed E-state index contributed by atoms with van der Waals surface area (Å²) in [7, 11) is 0. The topological polar surface area (TPSA) is 74.1 Å². The molecular formula is C14H24N2O3. The highest BCUT2D eigenvalue weighted by Gasteiger charge is 1.97. The van der Waals surface area contributed by atoms with Crippen LogP contribution in [0.1, 0.15) is 26.2 Å². The first kappa shape index (κ1) is 17.4. The summed E-state index contributed by atoms with van der Waals surface area (Å²) in [6.45, 7) is 6.90. The van der Waals surface area contributed by atoms with Crippen molar-refractivity contribution in [1.82, 2.24) is 5.32 Å². The molecule has 0 aliphatic rings. The van der Waals surface area contributed by atoms with E-state index in [0.717, 1.165) is 19.3 Å². The number of rotatable bonds is 11. The molecule has 0 saturated heterocycles. The van der Waals surface area contributed by atoms with Crippen molar-refractivity contribution in [2.75, 3.05) is 13.2 Å². The van der Waals surface area contributed by atoms with Crippen molar-refractivity contribution >= 4 is 6.21 Å². The van der Waals surface area contributed by atoms with E-state index < -0.39 is 6.29 Å². The molecule has 0 fully saturated rings. The van der Waals surface area contributed by atoms with Gasteiger partial charge in [0.2, 0.25) is 0 Å². The normalized spacial score (nSPS) is 12.5. The van der Waals surface area contributed by atoms with Crippen molar-refractivity contribution in [3.63, 3.8) is 0 Å². The van der Waals surface area contributed by atoms with Crippen LogP contribution < -0.4 is 5.32 Å². The lowest BCUT2D eigenvalue weighted by Gasteiger charge is -2.07. The largest absolute Gasteiger partial charge is 0.502 e. The van der Waals surface area contributed by atoms with Crippen molar-refractivity contribution in [3.05, 3.63) is 36.9 Å². The molecule has 3 N–H and O–H groups in total. The molecule has 0 aromatic carbocycles. The summed E-state index contributed by atoms with van der Waals surface area (Å²) in [5.74, 6) is 0. The minimum atomic E-state index is -1.50. The molecule has 0 saturated carbocycles. The van der Waals surface area contributed by atoms with Gasteiger partial charge in [0.05, 0.1) is 18.6 Å². The van der Waals surface area contributed by atoms with Gasteiger partial charge in [0, 0.05) is 19.0 Å². The van der Waals surface area contributed by atoms with Gasteiger partial charge < -0.3 is 20.3 Å². The third-order valence-electron chi connectivity index (χ3n) is 2.09. The zero-order valence-corrected chi connectivity index (χ0v) is 11.5. The van der Waals surface area contributed by atoms with Gasteiger partial charge in [-0.15, -0.1) is 0 Å². The maximum atomic E-state index is 8.87. The molecule has 0 aromatic rings. The number of hydrogen-bond acceptors (Lipinski definition) is 5. The Bertz CT molecular complexity index is 310. The van der Waals surface area contributed by atoms with Crippen LogP contribution in [0.5, 0.6) is 0 Å². The smallest absolute Gasteiger partial charge is 0.173 e.